The van der Waals surface area contributed by atoms with Gasteiger partial charge >= 0.3 is 11.9 Å². The van der Waals surface area contributed by atoms with E-state index in [0.29, 0.717) is 41.9 Å². The molecular weight excluding hydrogens is 468 g/mol. The van der Waals surface area contributed by atoms with Crippen molar-refractivity contribution in [1.82, 2.24) is 0 Å². The summed E-state index contributed by atoms with van der Waals surface area (Å²) >= 11 is 0. The molecule has 0 bridgehead atoms. The van der Waals surface area contributed by atoms with Gasteiger partial charge in [0.15, 0.2) is 5.78 Å². The van der Waals surface area contributed by atoms with E-state index in [4.69, 9.17) is 14.2 Å². The molecule has 1 heterocycles. The molecular formula is C31H32O6. The highest BCUT2D eigenvalue weighted by Crippen LogP contribution is 2.62. The summed E-state index contributed by atoms with van der Waals surface area (Å²) in [6.45, 7) is 2.29. The Kier molecular flexibility index (Phi) is 5.17. The summed E-state index contributed by atoms with van der Waals surface area (Å²) < 4.78 is 17.3. The van der Waals surface area contributed by atoms with Gasteiger partial charge in [-0.3, -0.25) is 4.79 Å². The number of ketones is 1. The van der Waals surface area contributed by atoms with Gasteiger partial charge < -0.3 is 14.2 Å². The summed E-state index contributed by atoms with van der Waals surface area (Å²) in [6, 6.07) is 15.2. The van der Waals surface area contributed by atoms with Crippen LogP contribution < -0.4 is 4.74 Å². The predicted molar refractivity (Wildman–Crippen MR) is 134 cm³/mol. The minimum atomic E-state index is -1.28. The number of carbonyl (C=O) groups excluding carboxylic acids is 3. The number of Topliss-reactive ketones (excluding diaryl/α,β-unsaturated/α-hetero) is 1. The van der Waals surface area contributed by atoms with Gasteiger partial charge in [-0.1, -0.05) is 31.2 Å². The van der Waals surface area contributed by atoms with Crippen LogP contribution in [0.3, 0.4) is 0 Å². The second kappa shape index (κ2) is 8.26. The van der Waals surface area contributed by atoms with Crippen LogP contribution >= 0.6 is 0 Å². The fourth-order valence-corrected chi connectivity index (χ4v) is 8.16. The van der Waals surface area contributed by atoms with E-state index in [1.54, 1.807) is 12.1 Å². The first-order valence-electron chi connectivity index (χ1n) is 13.7. The molecule has 1 aliphatic heterocycles. The largest absolute Gasteiger partial charge is 0.459 e. The molecule has 4 aliphatic carbocycles. The van der Waals surface area contributed by atoms with E-state index in [0.717, 1.165) is 38.5 Å². The second-order valence-corrected chi connectivity index (χ2v) is 11.9. The summed E-state index contributed by atoms with van der Waals surface area (Å²) in [5.41, 5.74) is 1.85. The van der Waals surface area contributed by atoms with E-state index >= 15 is 0 Å². The summed E-state index contributed by atoms with van der Waals surface area (Å²) in [4.78, 5) is 37.9. The van der Waals surface area contributed by atoms with Gasteiger partial charge in [-0.15, -0.1) is 0 Å². The number of hydrogen-bond acceptors (Lipinski definition) is 6. The zero-order valence-corrected chi connectivity index (χ0v) is 21.1. The third-order valence-electron chi connectivity index (χ3n) is 10.2. The number of hydrogen-bond donors (Lipinski definition) is 0. The average Bonchev–Trinajstić information content (AvgIpc) is 3.45. The first-order chi connectivity index (χ1) is 17.9. The van der Waals surface area contributed by atoms with Crippen LogP contribution in [0.25, 0.3) is 0 Å². The van der Waals surface area contributed by atoms with Gasteiger partial charge in [-0.25, -0.2) is 9.59 Å². The van der Waals surface area contributed by atoms with E-state index in [1.807, 2.05) is 30.3 Å². The smallest absolute Gasteiger partial charge is 0.349 e. The zero-order valence-electron chi connectivity index (χ0n) is 21.1. The van der Waals surface area contributed by atoms with Crippen molar-refractivity contribution in [3.63, 3.8) is 0 Å². The summed E-state index contributed by atoms with van der Waals surface area (Å²) in [7, 11) is 0. The molecule has 0 amide bonds. The highest BCUT2D eigenvalue weighted by atomic mass is 16.7. The molecule has 1 saturated heterocycles. The predicted octanol–water partition coefficient (Wildman–Crippen LogP) is 5.17. The van der Waals surface area contributed by atoms with Gasteiger partial charge in [0.25, 0.3) is 0 Å². The van der Waals surface area contributed by atoms with Crippen LogP contribution in [0.5, 0.6) is 5.75 Å². The monoisotopic (exact) mass is 500 g/mol. The normalized spacial score (nSPS) is 37.1. The minimum absolute atomic E-state index is 0.0673. The van der Waals surface area contributed by atoms with E-state index in [-0.39, 0.29) is 29.4 Å². The average molecular weight is 501 g/mol. The zero-order chi connectivity index (χ0) is 25.4. The van der Waals surface area contributed by atoms with Gasteiger partial charge in [0.05, 0.1) is 5.56 Å². The fourth-order valence-electron chi connectivity index (χ4n) is 8.16. The molecule has 0 aromatic heterocycles. The number of fused-ring (bicyclic) bond motifs is 6. The molecule has 5 aliphatic rings. The van der Waals surface area contributed by atoms with Gasteiger partial charge in [-0.2, -0.15) is 0 Å². The van der Waals surface area contributed by atoms with Crippen molar-refractivity contribution in [2.45, 2.75) is 82.0 Å². The van der Waals surface area contributed by atoms with Crippen molar-refractivity contribution in [3.8, 4) is 5.75 Å². The molecule has 4 fully saturated rings. The quantitative estimate of drug-likeness (QED) is 0.249. The molecule has 3 saturated carbocycles. The lowest BCUT2D eigenvalue weighted by Gasteiger charge is -2.50. The lowest BCUT2D eigenvalue weighted by Crippen LogP contribution is -2.47. The third-order valence-corrected chi connectivity index (χ3v) is 10.2. The van der Waals surface area contributed by atoms with Crippen LogP contribution in [0.2, 0.25) is 0 Å². The number of carbonyl (C=O) groups is 3. The molecule has 0 N–H and O–H groups in total. The minimum Gasteiger partial charge on any atom is -0.459 e. The number of rotatable bonds is 4. The lowest BCUT2D eigenvalue weighted by atomic mass is 9.55. The Labute approximate surface area is 216 Å². The van der Waals surface area contributed by atoms with Crippen molar-refractivity contribution in [2.24, 2.45) is 17.3 Å². The topological polar surface area (TPSA) is 82.2 Å². The van der Waals surface area contributed by atoms with Gasteiger partial charge in [0.2, 0.25) is 5.60 Å². The lowest BCUT2D eigenvalue weighted by molar-refractivity contribution is -0.165. The Bertz CT molecular complexity index is 1290. The van der Waals surface area contributed by atoms with Gasteiger partial charge in [-0.05, 0) is 98.1 Å². The Morgan fingerprint density at radius 2 is 1.81 bits per heavy atom. The Balaban J connectivity index is 1.06. The first kappa shape index (κ1) is 23.2. The van der Waals surface area contributed by atoms with Crippen LogP contribution in [0.4, 0.5) is 0 Å². The van der Waals surface area contributed by atoms with Crippen LogP contribution in [0.1, 0.15) is 79.3 Å². The van der Waals surface area contributed by atoms with Gasteiger partial charge in [0.1, 0.15) is 18.0 Å². The molecule has 0 radical (unpaired) electrons. The molecule has 2 aromatic rings. The molecule has 6 heteroatoms. The third kappa shape index (κ3) is 3.44. The van der Waals surface area contributed by atoms with Crippen molar-refractivity contribution in [3.05, 3.63) is 65.2 Å². The highest BCUT2D eigenvalue weighted by Gasteiger charge is 2.73. The molecule has 37 heavy (non-hydrogen) atoms. The Morgan fingerprint density at radius 1 is 0.973 bits per heavy atom. The van der Waals surface area contributed by atoms with Crippen molar-refractivity contribution in [1.29, 1.82) is 0 Å². The second-order valence-electron chi connectivity index (χ2n) is 11.9. The standard InChI is InChI=1S/C31H32O6/c1-30-16-15-22-21-10-8-20(35-28(33)18-5-3-2-4-6-18)17-19(21)7-9-23(22)24(30)11-13-26(30)36-29(34)31-25(32)12-14-27(31)37-31/h2-6,8,10,17,22-24,26-27H,7,9,11-16H2,1H3/t22-,23-,24+,26?,27?,30+,31?/m1/s1. The van der Waals surface area contributed by atoms with E-state index in [1.165, 1.54) is 11.1 Å². The molecule has 192 valence electrons. The summed E-state index contributed by atoms with van der Waals surface area (Å²) in [6.07, 6.45) is 6.61. The fraction of sp³-hybridized carbons (Fsp3) is 0.516. The Hall–Kier alpha value is -2.99. The van der Waals surface area contributed by atoms with Crippen molar-refractivity contribution in [2.75, 3.05) is 0 Å². The van der Waals surface area contributed by atoms with Crippen molar-refractivity contribution >= 4 is 17.7 Å². The molecule has 0 spiro atoms. The van der Waals surface area contributed by atoms with Gasteiger partial charge in [0, 0.05) is 11.8 Å². The maximum Gasteiger partial charge on any atom is 0.349 e. The summed E-state index contributed by atoms with van der Waals surface area (Å²) in [5.74, 6) is 1.21. The number of benzene rings is 2. The van der Waals surface area contributed by atoms with E-state index < -0.39 is 11.6 Å². The Morgan fingerprint density at radius 3 is 2.57 bits per heavy atom. The van der Waals surface area contributed by atoms with Crippen molar-refractivity contribution < 1.29 is 28.6 Å². The number of aryl methyl sites for hydroxylation is 1. The van der Waals surface area contributed by atoms with Crippen LogP contribution in [-0.2, 0) is 25.5 Å². The molecule has 3 unspecified atom stereocenters. The van der Waals surface area contributed by atoms with Crippen LogP contribution in [0, 0.1) is 17.3 Å². The highest BCUT2D eigenvalue weighted by molar-refractivity contribution is 6.12. The molecule has 7 rings (SSSR count). The molecule has 7 atom stereocenters. The molecule has 6 nitrogen and oxygen atoms in total. The van der Waals surface area contributed by atoms with Crippen LogP contribution in [0.15, 0.2) is 48.5 Å². The maximum atomic E-state index is 13.0. The SMILES string of the molecule is C[C@]12CC[C@@H]3c4ccc(OC(=O)c5ccccc5)cc4CC[C@H]3[C@@H]1CCC2OC(=O)C12OC1CCC2=O. The number of esters is 2. The van der Waals surface area contributed by atoms with Crippen LogP contribution in [-0.4, -0.2) is 35.5 Å². The molecule has 2 aromatic carbocycles. The summed E-state index contributed by atoms with van der Waals surface area (Å²) in [5, 5.41) is 0. The first-order valence-corrected chi connectivity index (χ1v) is 13.7. The van der Waals surface area contributed by atoms with E-state index in [9.17, 15) is 14.4 Å². The van der Waals surface area contributed by atoms with E-state index in [2.05, 4.69) is 13.0 Å². The number of epoxide rings is 1. The number of ether oxygens (including phenoxy) is 3. The maximum absolute atomic E-state index is 13.0.